The molecule has 0 radical (unpaired) electrons. The second-order valence-corrected chi connectivity index (χ2v) is 32.4. The van der Waals surface area contributed by atoms with Crippen LogP contribution in [-0.4, -0.2) is 4.89 Å². The van der Waals surface area contributed by atoms with E-state index in [-0.39, 0.29) is 43.3 Å². The largest absolute Gasteiger partial charge is 0.533 e. The molecule has 1 N–H and O–H groups in total. The van der Waals surface area contributed by atoms with Crippen LogP contribution >= 0.6 is 16.3 Å². The Morgan fingerprint density at radius 2 is 0.560 bits per heavy atom. The van der Waals surface area contributed by atoms with Gasteiger partial charge in [-0.3, -0.25) is 9.05 Å². The Balaban J connectivity index is 1.45. The average Bonchev–Trinajstić information content (AvgIpc) is 3.26. The first-order valence-electron chi connectivity index (χ1n) is 27.0. The van der Waals surface area contributed by atoms with Crippen molar-refractivity contribution in [2.75, 3.05) is 0 Å². The first-order chi connectivity index (χ1) is 34.1. The molecule has 0 aliphatic carbocycles. The lowest BCUT2D eigenvalue weighted by atomic mass is 9.80. The molecule has 6 aromatic carbocycles. The maximum absolute atomic E-state index is 13.2. The summed E-state index contributed by atoms with van der Waals surface area (Å²) in [5, 5.41) is 1.53. The monoisotopic (exact) mass is 1050 g/mol. The van der Waals surface area contributed by atoms with Crippen molar-refractivity contribution in [2.45, 2.75) is 209 Å². The minimum atomic E-state index is -3.86. The summed E-state index contributed by atoms with van der Waals surface area (Å²) in [5.41, 5.74) is 10.1. The summed E-state index contributed by atoms with van der Waals surface area (Å²) in [6.07, 6.45) is 0. The molecule has 0 atom stereocenters. The van der Waals surface area contributed by atoms with Crippen LogP contribution in [0.4, 0.5) is 0 Å². The number of hydrogen-bond acceptors (Lipinski definition) is 5. The van der Waals surface area contributed by atoms with Gasteiger partial charge >= 0.3 is 16.3 Å². The summed E-state index contributed by atoms with van der Waals surface area (Å²) in [6.45, 7) is 53.4. The van der Waals surface area contributed by atoms with Gasteiger partial charge in [0.1, 0.15) is 11.5 Å². The van der Waals surface area contributed by atoms with Gasteiger partial charge in [0.2, 0.25) is 5.30 Å². The molecule has 0 aromatic heterocycles. The molecule has 7 heteroatoms. The second-order valence-electron chi connectivity index (χ2n) is 29.1. The van der Waals surface area contributed by atoms with Crippen LogP contribution in [0.2, 0.25) is 0 Å². The van der Waals surface area contributed by atoms with Crippen molar-refractivity contribution >= 4 is 26.9 Å². The van der Waals surface area contributed by atoms with Crippen molar-refractivity contribution in [1.82, 2.24) is 0 Å². The van der Waals surface area contributed by atoms with E-state index in [4.69, 9.17) is 18.1 Å². The number of benzene rings is 6. The third kappa shape index (κ3) is 14.5. The molecule has 6 aromatic rings. The molecule has 6 rings (SSSR count). The zero-order valence-corrected chi connectivity index (χ0v) is 52.3. The van der Waals surface area contributed by atoms with Gasteiger partial charge in [-0.1, -0.05) is 239 Å². The normalized spacial score (nSPS) is 13.5. The van der Waals surface area contributed by atoms with E-state index >= 15 is 0 Å². The third-order valence-electron chi connectivity index (χ3n) is 14.0. The Hall–Kier alpha value is -4.66. The lowest BCUT2D eigenvalue weighted by Crippen LogP contribution is -2.25. The highest BCUT2D eigenvalue weighted by Gasteiger charge is 2.50. The van der Waals surface area contributed by atoms with Gasteiger partial charge in [-0.2, -0.15) is 4.89 Å². The predicted molar refractivity (Wildman–Crippen MR) is 325 cm³/mol. The van der Waals surface area contributed by atoms with Gasteiger partial charge in [0.15, 0.2) is 11.5 Å². The molecule has 0 saturated heterocycles. The first-order valence-corrected chi connectivity index (χ1v) is 29.8. The van der Waals surface area contributed by atoms with Crippen molar-refractivity contribution in [3.05, 3.63) is 166 Å². The summed E-state index contributed by atoms with van der Waals surface area (Å²) in [5.74, 6) is 2.86. The van der Waals surface area contributed by atoms with E-state index < -0.39 is 16.3 Å². The van der Waals surface area contributed by atoms with Crippen molar-refractivity contribution in [3.8, 4) is 34.1 Å². The lowest BCUT2D eigenvalue weighted by molar-refractivity contribution is 0.352. The van der Waals surface area contributed by atoms with Crippen LogP contribution in [-0.2, 0) is 43.3 Å². The van der Waals surface area contributed by atoms with Crippen molar-refractivity contribution < 1.29 is 23.0 Å². The molecule has 0 aliphatic heterocycles. The summed E-state index contributed by atoms with van der Waals surface area (Å²) in [7, 11) is -5.52. The fraction of sp³-hybridized carbons (Fsp3) is 0.471. The van der Waals surface area contributed by atoms with E-state index in [1.54, 1.807) is 0 Å². The van der Waals surface area contributed by atoms with Crippen LogP contribution in [0.25, 0.3) is 11.1 Å². The Bertz CT molecular complexity index is 2790. The van der Waals surface area contributed by atoms with Crippen LogP contribution in [0.5, 0.6) is 23.0 Å². The van der Waals surface area contributed by atoms with E-state index in [0.29, 0.717) is 16.8 Å². The summed E-state index contributed by atoms with van der Waals surface area (Å²) in [4.78, 5) is 13.2. The molecule has 5 nitrogen and oxygen atoms in total. The number of rotatable bonds is 11. The van der Waals surface area contributed by atoms with E-state index in [9.17, 15) is 4.89 Å². The molecule has 0 bridgehead atoms. The maximum atomic E-state index is 13.2. The average molecular weight is 1050 g/mol. The van der Waals surface area contributed by atoms with E-state index in [1.807, 2.05) is 24.3 Å². The van der Waals surface area contributed by atoms with Crippen LogP contribution in [0.1, 0.15) is 211 Å². The highest BCUT2D eigenvalue weighted by molar-refractivity contribution is 7.69. The molecule has 0 aliphatic rings. The molecular weight excluding hydrogens is 959 g/mol. The van der Waals surface area contributed by atoms with E-state index in [0.717, 1.165) is 50.2 Å². The van der Waals surface area contributed by atoms with Gasteiger partial charge in [-0.15, -0.1) is 0 Å². The molecule has 0 unspecified atom stereocenters. The summed E-state index contributed by atoms with van der Waals surface area (Å²) < 4.78 is 28.4. The fourth-order valence-corrected chi connectivity index (χ4v) is 11.9. The van der Waals surface area contributed by atoms with Gasteiger partial charge in [-0.25, -0.2) is 0 Å². The molecule has 0 spiro atoms. The molecule has 0 amide bonds. The van der Waals surface area contributed by atoms with Crippen molar-refractivity contribution in [1.29, 1.82) is 0 Å². The zero-order chi connectivity index (χ0) is 56.3. The van der Waals surface area contributed by atoms with Gasteiger partial charge < -0.3 is 9.05 Å². The SMILES string of the molecule is CC(C)(C)c1ccc(OP(Oc2ccc(C(C)(C)C)cc2C(C)(C)C)c2ccc(-c3ccc([P+](O)(Oc4ccc(C(C)(C)C)cc4C(C)(C)C)Oc4ccc(C(C)(C)C)cc4C(C)(C)C)cc3)cc2)c(C(C)(C)C)c1. The minimum Gasteiger partial charge on any atom is -0.435 e. The summed E-state index contributed by atoms with van der Waals surface area (Å²) >= 11 is 0. The molecular formula is C68H93O5P2+. The molecule has 75 heavy (non-hydrogen) atoms. The maximum Gasteiger partial charge on any atom is 0.533 e. The van der Waals surface area contributed by atoms with Gasteiger partial charge in [0.05, 0.1) is 5.30 Å². The molecule has 0 fully saturated rings. The van der Waals surface area contributed by atoms with Gasteiger partial charge in [-0.05, 0) is 125 Å². The highest BCUT2D eigenvalue weighted by atomic mass is 31.2. The van der Waals surface area contributed by atoms with Gasteiger partial charge in [0.25, 0.3) is 0 Å². The highest BCUT2D eigenvalue weighted by Crippen LogP contribution is 2.58. The van der Waals surface area contributed by atoms with E-state index in [1.165, 1.54) is 22.3 Å². The third-order valence-corrected chi connectivity index (χ3v) is 17.3. The minimum absolute atomic E-state index is 0.0208. The predicted octanol–water partition coefficient (Wildman–Crippen LogP) is 19.4. The second kappa shape index (κ2) is 20.9. The standard InChI is InChI=1S/C68H93O5P2/c1-61(2,3)47-29-37-57(53(41-47)65(13,14)15)70-74(71-58-38-30-48(62(4,5)6)42-54(58)66(16,17)18)51-33-25-45(26-34-51)46-27-35-52(36-28-46)75(69,72-59-39-31-49(63(7,8)9)43-55(59)67(19,20)21)73-60-40-32-50(64(10,11)12)44-56(60)68(22,23)24/h25-44,69H,1-24H3/q+1. The topological polar surface area (TPSA) is 57.2 Å². The van der Waals surface area contributed by atoms with Crippen LogP contribution in [0, 0.1) is 0 Å². The smallest absolute Gasteiger partial charge is 0.435 e. The van der Waals surface area contributed by atoms with Crippen LogP contribution < -0.4 is 28.7 Å². The molecule has 0 saturated carbocycles. The lowest BCUT2D eigenvalue weighted by Gasteiger charge is -2.30. The van der Waals surface area contributed by atoms with Crippen molar-refractivity contribution in [2.24, 2.45) is 0 Å². The first kappa shape index (κ1) is 59.6. The molecule has 404 valence electrons. The van der Waals surface area contributed by atoms with E-state index in [2.05, 4.69) is 263 Å². The van der Waals surface area contributed by atoms with Crippen LogP contribution in [0.15, 0.2) is 121 Å². The van der Waals surface area contributed by atoms with Gasteiger partial charge in [0, 0.05) is 22.3 Å². The fourth-order valence-electron chi connectivity index (χ4n) is 8.96. The summed E-state index contributed by atoms with van der Waals surface area (Å²) in [6, 6.07) is 42.6. The van der Waals surface area contributed by atoms with Crippen molar-refractivity contribution in [3.63, 3.8) is 0 Å². The number of hydrogen-bond donors (Lipinski definition) is 1. The zero-order valence-electron chi connectivity index (χ0n) is 50.5. The molecule has 0 heterocycles. The van der Waals surface area contributed by atoms with Crippen LogP contribution in [0.3, 0.4) is 0 Å². The Kier molecular flexibility index (Phi) is 16.6. The Morgan fingerprint density at radius 1 is 0.307 bits per heavy atom. The Morgan fingerprint density at radius 3 is 0.827 bits per heavy atom. The quantitative estimate of drug-likeness (QED) is 0.131. The Labute approximate surface area is 457 Å².